The van der Waals surface area contributed by atoms with E-state index in [9.17, 15) is 4.79 Å². The maximum absolute atomic E-state index is 10.9. The number of hydrogen-bond acceptors (Lipinski definition) is 2. The van der Waals surface area contributed by atoms with Crippen molar-refractivity contribution in [2.45, 2.75) is 19.3 Å². The fourth-order valence-electron chi connectivity index (χ4n) is 1.80. The van der Waals surface area contributed by atoms with Crippen LogP contribution in [0.2, 0.25) is 0 Å². The zero-order valence-electron chi connectivity index (χ0n) is 7.87. The molecule has 2 rings (SSSR count). The van der Waals surface area contributed by atoms with Crippen LogP contribution in [0.15, 0.2) is 18.2 Å². The summed E-state index contributed by atoms with van der Waals surface area (Å²) in [5, 5.41) is 11.6. The number of nitrogens with zero attached hydrogens (tertiary/aromatic N) is 1. The molecular formula is C11H10N2O. The third-order valence-electron chi connectivity index (χ3n) is 2.44. The van der Waals surface area contributed by atoms with Gasteiger partial charge in [0.15, 0.2) is 0 Å². The molecule has 1 aromatic carbocycles. The molecule has 0 saturated carbocycles. The quantitative estimate of drug-likeness (QED) is 0.727. The summed E-state index contributed by atoms with van der Waals surface area (Å²) in [6.45, 7) is 1.47. The molecule has 0 bridgehead atoms. The largest absolute Gasteiger partial charge is 0.326 e. The third kappa shape index (κ3) is 1.25. The van der Waals surface area contributed by atoms with Crippen LogP contribution in [0.25, 0.3) is 0 Å². The topological polar surface area (TPSA) is 52.9 Å². The molecule has 0 fully saturated rings. The highest BCUT2D eigenvalue weighted by molar-refractivity contribution is 5.90. The van der Waals surface area contributed by atoms with Gasteiger partial charge in [0.25, 0.3) is 0 Å². The van der Waals surface area contributed by atoms with Gasteiger partial charge >= 0.3 is 0 Å². The second kappa shape index (κ2) is 3.15. The molecule has 0 aromatic heterocycles. The van der Waals surface area contributed by atoms with E-state index in [1.54, 1.807) is 0 Å². The molecule has 1 amide bonds. The predicted octanol–water partition coefficient (Wildman–Crippen LogP) is 1.81. The van der Waals surface area contributed by atoms with Crippen LogP contribution in [0, 0.1) is 11.3 Å². The van der Waals surface area contributed by atoms with Crippen LogP contribution in [0.4, 0.5) is 5.69 Å². The van der Waals surface area contributed by atoms with Crippen LogP contribution in [0.3, 0.4) is 0 Å². The van der Waals surface area contributed by atoms with Crippen LogP contribution in [0.1, 0.15) is 24.0 Å². The third-order valence-corrected chi connectivity index (χ3v) is 2.44. The van der Waals surface area contributed by atoms with E-state index in [4.69, 9.17) is 5.26 Å². The highest BCUT2D eigenvalue weighted by atomic mass is 16.1. The smallest absolute Gasteiger partial charge is 0.221 e. The lowest BCUT2D eigenvalue weighted by Gasteiger charge is -2.27. The Hall–Kier alpha value is -1.82. The summed E-state index contributed by atoms with van der Waals surface area (Å²) in [6.07, 6.45) is 0.805. The van der Waals surface area contributed by atoms with Crippen LogP contribution >= 0.6 is 0 Å². The van der Waals surface area contributed by atoms with Gasteiger partial charge in [0.1, 0.15) is 0 Å². The van der Waals surface area contributed by atoms with E-state index < -0.39 is 0 Å². The number of amides is 1. The number of hydrogen-bond donors (Lipinski definition) is 1. The molecule has 0 saturated heterocycles. The minimum absolute atomic E-state index is 0.0481. The van der Waals surface area contributed by atoms with Gasteiger partial charge in [-0.15, -0.1) is 0 Å². The summed E-state index contributed by atoms with van der Waals surface area (Å²) in [6, 6.07) is 7.95. The van der Waals surface area contributed by atoms with Gasteiger partial charge in [0.2, 0.25) is 5.91 Å². The maximum Gasteiger partial charge on any atom is 0.221 e. The minimum Gasteiger partial charge on any atom is -0.326 e. The molecule has 14 heavy (non-hydrogen) atoms. The summed E-state index contributed by atoms with van der Waals surface area (Å²) >= 11 is 0. The van der Waals surface area contributed by atoms with Crippen molar-refractivity contribution < 1.29 is 4.79 Å². The van der Waals surface area contributed by atoms with E-state index in [-0.39, 0.29) is 11.8 Å². The number of anilines is 1. The summed E-state index contributed by atoms with van der Waals surface area (Å²) in [5.74, 6) is -0.143. The van der Waals surface area contributed by atoms with E-state index in [0.29, 0.717) is 0 Å². The van der Waals surface area contributed by atoms with E-state index in [1.807, 2.05) is 18.2 Å². The highest BCUT2D eigenvalue weighted by Gasteiger charge is 2.28. The van der Waals surface area contributed by atoms with Crippen molar-refractivity contribution in [2.75, 3.05) is 5.32 Å². The Morgan fingerprint density at radius 2 is 2.43 bits per heavy atom. The molecule has 0 aliphatic heterocycles. The van der Waals surface area contributed by atoms with Crippen LogP contribution in [-0.2, 0) is 11.2 Å². The summed E-state index contributed by atoms with van der Waals surface area (Å²) in [5.41, 5.74) is 2.95. The van der Waals surface area contributed by atoms with Gasteiger partial charge in [-0.2, -0.15) is 5.26 Å². The Labute approximate surface area is 82.4 Å². The fraction of sp³-hybridized carbons (Fsp3) is 0.273. The van der Waals surface area contributed by atoms with Gasteiger partial charge < -0.3 is 5.32 Å². The van der Waals surface area contributed by atoms with Gasteiger partial charge in [-0.05, 0) is 23.6 Å². The van der Waals surface area contributed by atoms with Gasteiger partial charge in [0.05, 0.1) is 12.0 Å². The van der Waals surface area contributed by atoms with E-state index in [2.05, 4.69) is 11.4 Å². The molecule has 1 N–H and O–H groups in total. The SMILES string of the molecule is CC(=O)Nc1cccc2c1C(C#N)C2. The van der Waals surface area contributed by atoms with E-state index in [1.165, 1.54) is 12.5 Å². The minimum atomic E-state index is -0.0954. The number of rotatable bonds is 1. The lowest BCUT2D eigenvalue weighted by atomic mass is 9.77. The first-order valence-electron chi connectivity index (χ1n) is 4.51. The van der Waals surface area contributed by atoms with Crippen LogP contribution in [0.5, 0.6) is 0 Å². The Morgan fingerprint density at radius 1 is 1.64 bits per heavy atom. The molecule has 1 aromatic rings. The van der Waals surface area contributed by atoms with Gasteiger partial charge in [-0.1, -0.05) is 12.1 Å². The summed E-state index contributed by atoms with van der Waals surface area (Å²) in [4.78, 5) is 10.9. The number of nitrogens with one attached hydrogen (secondary N) is 1. The molecule has 1 atom stereocenters. The highest BCUT2D eigenvalue weighted by Crippen LogP contribution is 2.39. The Bertz CT molecular complexity index is 431. The molecule has 3 heteroatoms. The van der Waals surface area contributed by atoms with Crippen molar-refractivity contribution in [3.8, 4) is 6.07 Å². The Balaban J connectivity index is 2.38. The van der Waals surface area contributed by atoms with Crippen molar-refractivity contribution in [2.24, 2.45) is 0 Å². The van der Waals surface area contributed by atoms with Crippen molar-refractivity contribution >= 4 is 11.6 Å². The van der Waals surface area contributed by atoms with Crippen molar-refractivity contribution in [3.05, 3.63) is 29.3 Å². The van der Waals surface area contributed by atoms with Crippen molar-refractivity contribution in [1.29, 1.82) is 5.26 Å². The second-order valence-corrected chi connectivity index (χ2v) is 3.45. The van der Waals surface area contributed by atoms with Gasteiger partial charge in [-0.3, -0.25) is 4.79 Å². The fourth-order valence-corrected chi connectivity index (χ4v) is 1.80. The molecule has 0 heterocycles. The normalized spacial score (nSPS) is 17.6. The zero-order valence-corrected chi connectivity index (χ0v) is 7.87. The van der Waals surface area contributed by atoms with Crippen molar-refractivity contribution in [3.63, 3.8) is 0 Å². The van der Waals surface area contributed by atoms with Crippen LogP contribution in [-0.4, -0.2) is 5.91 Å². The standard InChI is InChI=1S/C11H10N2O/c1-7(14)13-10-4-2-3-8-5-9(6-12)11(8)10/h2-4,9H,5H2,1H3,(H,13,14). The number of nitriles is 1. The molecule has 1 aliphatic rings. The molecule has 1 unspecified atom stereocenters. The molecule has 70 valence electrons. The first-order valence-corrected chi connectivity index (χ1v) is 4.51. The number of carbonyl (C=O) groups is 1. The number of carbonyl (C=O) groups excluding carboxylic acids is 1. The lowest BCUT2D eigenvalue weighted by molar-refractivity contribution is -0.114. The average Bonchev–Trinajstić information content (AvgIpc) is 2.07. The first-order chi connectivity index (χ1) is 6.72. The van der Waals surface area contributed by atoms with Crippen molar-refractivity contribution in [1.82, 2.24) is 0 Å². The summed E-state index contributed by atoms with van der Waals surface area (Å²) in [7, 11) is 0. The molecule has 3 nitrogen and oxygen atoms in total. The molecule has 0 spiro atoms. The predicted molar refractivity (Wildman–Crippen MR) is 52.8 cm³/mol. The summed E-state index contributed by atoms with van der Waals surface area (Å²) < 4.78 is 0. The van der Waals surface area contributed by atoms with E-state index >= 15 is 0 Å². The van der Waals surface area contributed by atoms with Crippen LogP contribution < -0.4 is 5.32 Å². The Kier molecular flexibility index (Phi) is 1.97. The lowest BCUT2D eigenvalue weighted by Crippen LogP contribution is -2.19. The molecule has 1 aliphatic carbocycles. The average molecular weight is 186 g/mol. The zero-order chi connectivity index (χ0) is 10.1. The van der Waals surface area contributed by atoms with Gasteiger partial charge in [-0.25, -0.2) is 0 Å². The number of benzene rings is 1. The van der Waals surface area contributed by atoms with E-state index in [0.717, 1.165) is 17.7 Å². The molecule has 0 radical (unpaired) electrons. The second-order valence-electron chi connectivity index (χ2n) is 3.45. The Morgan fingerprint density at radius 3 is 3.07 bits per heavy atom. The first kappa shape index (κ1) is 8.76. The van der Waals surface area contributed by atoms with Gasteiger partial charge in [0, 0.05) is 12.6 Å². The monoisotopic (exact) mass is 186 g/mol. The number of fused-ring (bicyclic) bond motifs is 1. The maximum atomic E-state index is 10.9. The molecular weight excluding hydrogens is 176 g/mol.